The number of sulfonamides is 1. The van der Waals surface area contributed by atoms with Gasteiger partial charge < -0.3 is 4.90 Å². The number of nitrogens with zero attached hydrogens (tertiary/aromatic N) is 2. The lowest BCUT2D eigenvalue weighted by Gasteiger charge is -2.21. The minimum absolute atomic E-state index is 0.0191. The molecular weight excluding hydrogens is 362 g/mol. The van der Waals surface area contributed by atoms with Crippen LogP contribution in [0.25, 0.3) is 0 Å². The summed E-state index contributed by atoms with van der Waals surface area (Å²) < 4.78 is 27.8. The summed E-state index contributed by atoms with van der Waals surface area (Å²) in [6.07, 6.45) is 1.67. The third-order valence-corrected chi connectivity index (χ3v) is 5.31. The molecule has 0 saturated carbocycles. The maximum absolute atomic E-state index is 12.7. The highest BCUT2D eigenvalue weighted by molar-refractivity contribution is 7.92. The van der Waals surface area contributed by atoms with Crippen LogP contribution in [0.2, 0.25) is 0 Å². The van der Waals surface area contributed by atoms with Gasteiger partial charge in [-0.1, -0.05) is 19.9 Å². The summed E-state index contributed by atoms with van der Waals surface area (Å²) in [5, 5.41) is 8.82. The van der Waals surface area contributed by atoms with Gasteiger partial charge >= 0.3 is 0 Å². The van der Waals surface area contributed by atoms with Crippen molar-refractivity contribution in [1.29, 1.82) is 5.26 Å². The predicted octanol–water partition coefficient (Wildman–Crippen LogP) is 3.62. The van der Waals surface area contributed by atoms with Crippen LogP contribution < -0.4 is 4.72 Å². The van der Waals surface area contributed by atoms with Gasteiger partial charge in [-0.25, -0.2) is 8.42 Å². The number of nitrogens with one attached hydrogen (secondary N) is 1. The molecule has 142 valence electrons. The highest BCUT2D eigenvalue weighted by Crippen LogP contribution is 2.18. The number of carbonyl (C=O) groups is 1. The van der Waals surface area contributed by atoms with E-state index in [0.29, 0.717) is 29.9 Å². The van der Waals surface area contributed by atoms with Gasteiger partial charge in [0.05, 0.1) is 16.5 Å². The Bertz CT molecular complexity index is 926. The summed E-state index contributed by atoms with van der Waals surface area (Å²) in [5.74, 6) is -0.172. The molecule has 0 bridgehead atoms. The Balaban J connectivity index is 2.26. The van der Waals surface area contributed by atoms with Gasteiger partial charge in [0, 0.05) is 24.3 Å². The summed E-state index contributed by atoms with van der Waals surface area (Å²) in [6, 6.07) is 14.1. The molecule has 7 heteroatoms. The summed E-state index contributed by atoms with van der Waals surface area (Å²) in [5.41, 5.74) is 1.14. The molecule has 27 heavy (non-hydrogen) atoms. The van der Waals surface area contributed by atoms with E-state index in [4.69, 9.17) is 5.26 Å². The number of hydrogen-bond donors (Lipinski definition) is 1. The Hall–Kier alpha value is -2.85. The third kappa shape index (κ3) is 5.31. The van der Waals surface area contributed by atoms with E-state index < -0.39 is 10.0 Å². The van der Waals surface area contributed by atoms with Crippen LogP contribution in [0.4, 0.5) is 5.69 Å². The van der Waals surface area contributed by atoms with Crippen molar-refractivity contribution in [3.05, 3.63) is 59.7 Å². The summed E-state index contributed by atoms with van der Waals surface area (Å²) in [7, 11) is -3.84. The molecule has 0 atom stereocenters. The number of hydrogen-bond acceptors (Lipinski definition) is 4. The van der Waals surface area contributed by atoms with Crippen molar-refractivity contribution in [3.8, 4) is 6.07 Å². The van der Waals surface area contributed by atoms with Gasteiger partial charge in [-0.2, -0.15) is 5.26 Å². The van der Waals surface area contributed by atoms with Crippen molar-refractivity contribution in [3.63, 3.8) is 0 Å². The van der Waals surface area contributed by atoms with Gasteiger partial charge in [0.25, 0.3) is 15.9 Å². The minimum Gasteiger partial charge on any atom is -0.339 e. The van der Waals surface area contributed by atoms with Crippen LogP contribution in [0.1, 0.15) is 42.6 Å². The van der Waals surface area contributed by atoms with Crippen LogP contribution >= 0.6 is 0 Å². The zero-order valence-electron chi connectivity index (χ0n) is 15.5. The first-order valence-corrected chi connectivity index (χ1v) is 10.3. The molecular formula is C20H23N3O3S. The number of anilines is 1. The average Bonchev–Trinajstić information content (AvgIpc) is 2.67. The topological polar surface area (TPSA) is 90.3 Å². The van der Waals surface area contributed by atoms with Crippen LogP contribution in [-0.2, 0) is 10.0 Å². The maximum atomic E-state index is 12.7. The molecule has 0 aliphatic heterocycles. The first-order valence-electron chi connectivity index (χ1n) is 8.83. The van der Waals surface area contributed by atoms with Crippen molar-refractivity contribution in [2.75, 3.05) is 17.8 Å². The van der Waals surface area contributed by atoms with Crippen LogP contribution in [0.15, 0.2) is 53.4 Å². The van der Waals surface area contributed by atoms with Gasteiger partial charge in [0.2, 0.25) is 0 Å². The molecule has 0 fully saturated rings. The SMILES string of the molecule is CCCN(CCC)C(=O)c1cccc(S(=O)(=O)Nc2ccc(C#N)cc2)c1. The van der Waals surface area contributed by atoms with Gasteiger partial charge in [0.15, 0.2) is 0 Å². The second-order valence-corrected chi connectivity index (χ2v) is 7.80. The molecule has 0 heterocycles. The lowest BCUT2D eigenvalue weighted by Crippen LogP contribution is -2.32. The fraction of sp³-hybridized carbons (Fsp3) is 0.300. The zero-order valence-corrected chi connectivity index (χ0v) is 16.3. The molecule has 1 amide bonds. The van der Waals surface area contributed by atoms with Crippen molar-refractivity contribution in [1.82, 2.24) is 4.90 Å². The standard InChI is InChI=1S/C20H23N3O3S/c1-3-12-23(13-4-2)20(24)17-6-5-7-19(14-17)27(25,26)22-18-10-8-16(15-21)9-11-18/h5-11,14,22H,3-4,12-13H2,1-2H3. The molecule has 2 aromatic carbocycles. The normalized spacial score (nSPS) is 10.9. The third-order valence-electron chi connectivity index (χ3n) is 3.93. The number of benzene rings is 2. The van der Waals surface area contributed by atoms with E-state index in [2.05, 4.69) is 4.72 Å². The van der Waals surface area contributed by atoms with Gasteiger partial charge in [-0.05, 0) is 55.3 Å². The van der Waals surface area contributed by atoms with Crippen molar-refractivity contribution in [2.24, 2.45) is 0 Å². The second-order valence-electron chi connectivity index (χ2n) is 6.11. The average molecular weight is 385 g/mol. The number of carbonyl (C=O) groups excluding carboxylic acids is 1. The van der Waals surface area contributed by atoms with Gasteiger partial charge in [-0.15, -0.1) is 0 Å². The molecule has 0 saturated heterocycles. The van der Waals surface area contributed by atoms with E-state index in [9.17, 15) is 13.2 Å². The summed E-state index contributed by atoms with van der Waals surface area (Å²) >= 11 is 0. The van der Waals surface area contributed by atoms with Crippen molar-refractivity contribution < 1.29 is 13.2 Å². The molecule has 6 nitrogen and oxygen atoms in total. The monoisotopic (exact) mass is 385 g/mol. The van der Waals surface area contributed by atoms with E-state index >= 15 is 0 Å². The number of nitriles is 1. The smallest absolute Gasteiger partial charge is 0.261 e. The Kier molecular flexibility index (Phi) is 6.97. The van der Waals surface area contributed by atoms with E-state index in [1.165, 1.54) is 36.4 Å². The second kappa shape index (κ2) is 9.19. The molecule has 0 radical (unpaired) electrons. The molecule has 1 N–H and O–H groups in total. The van der Waals surface area contributed by atoms with E-state index in [0.717, 1.165) is 12.8 Å². The maximum Gasteiger partial charge on any atom is 0.261 e. The van der Waals surface area contributed by atoms with E-state index in [1.807, 2.05) is 19.9 Å². The predicted molar refractivity (Wildman–Crippen MR) is 105 cm³/mol. The number of amides is 1. The van der Waals surface area contributed by atoms with Gasteiger partial charge in [0.1, 0.15) is 0 Å². The fourth-order valence-electron chi connectivity index (χ4n) is 2.66. The Morgan fingerprint density at radius 1 is 1.07 bits per heavy atom. The van der Waals surface area contributed by atoms with Crippen LogP contribution in [0.3, 0.4) is 0 Å². The molecule has 0 unspecified atom stereocenters. The van der Waals surface area contributed by atoms with Gasteiger partial charge in [-0.3, -0.25) is 9.52 Å². The summed E-state index contributed by atoms with van der Waals surface area (Å²) in [4.78, 5) is 14.5. The van der Waals surface area contributed by atoms with Crippen molar-refractivity contribution in [2.45, 2.75) is 31.6 Å². The molecule has 0 spiro atoms. The quantitative estimate of drug-likeness (QED) is 0.751. The van der Waals surface area contributed by atoms with Crippen LogP contribution in [0, 0.1) is 11.3 Å². The first-order chi connectivity index (χ1) is 12.9. The number of rotatable bonds is 8. The Morgan fingerprint density at radius 3 is 2.26 bits per heavy atom. The van der Waals surface area contributed by atoms with Crippen molar-refractivity contribution >= 4 is 21.6 Å². The van der Waals surface area contributed by atoms with Crippen LogP contribution in [0.5, 0.6) is 0 Å². The highest BCUT2D eigenvalue weighted by atomic mass is 32.2. The lowest BCUT2D eigenvalue weighted by molar-refractivity contribution is 0.0755. The summed E-state index contributed by atoms with van der Waals surface area (Å²) in [6.45, 7) is 5.26. The Labute approximate surface area is 160 Å². The minimum atomic E-state index is -3.84. The Morgan fingerprint density at radius 2 is 1.70 bits per heavy atom. The molecule has 2 rings (SSSR count). The molecule has 0 aliphatic rings. The molecule has 0 aromatic heterocycles. The fourth-order valence-corrected chi connectivity index (χ4v) is 3.76. The lowest BCUT2D eigenvalue weighted by atomic mass is 10.2. The largest absolute Gasteiger partial charge is 0.339 e. The van der Waals surface area contributed by atoms with E-state index in [-0.39, 0.29) is 10.8 Å². The zero-order chi connectivity index (χ0) is 19.9. The molecule has 2 aromatic rings. The highest BCUT2D eigenvalue weighted by Gasteiger charge is 2.19. The molecule has 0 aliphatic carbocycles. The van der Waals surface area contributed by atoms with E-state index in [1.54, 1.807) is 17.0 Å². The van der Waals surface area contributed by atoms with Crippen LogP contribution in [-0.4, -0.2) is 32.3 Å². The first kappa shape index (κ1) is 20.5.